The van der Waals surface area contributed by atoms with E-state index in [1.165, 1.54) is 63.4 Å². The highest BCUT2D eigenvalue weighted by Gasteiger charge is 2.55. The molecule has 0 amide bonds. The Morgan fingerprint density at radius 3 is 2.72 bits per heavy atom. The maximum atomic E-state index is 13.3. The van der Waals surface area contributed by atoms with Crippen molar-refractivity contribution in [2.24, 2.45) is 40.9 Å². The first-order valence-electron chi connectivity index (χ1n) is 12.6. The van der Waals surface area contributed by atoms with Crippen molar-refractivity contribution in [2.75, 3.05) is 5.75 Å². The molecule has 0 spiro atoms. The molecule has 0 aliphatic heterocycles. The molecule has 29 heavy (non-hydrogen) atoms. The summed E-state index contributed by atoms with van der Waals surface area (Å²) < 4.78 is 13.3. The van der Waals surface area contributed by atoms with Gasteiger partial charge in [-0.1, -0.05) is 51.2 Å². The predicted octanol–water partition coefficient (Wildman–Crippen LogP) is 7.74. The fourth-order valence-corrected chi connectivity index (χ4v) is 8.60. The smallest absolute Gasteiger partial charge is 0.0580 e. The maximum absolute atomic E-state index is 13.3. The second-order valence-corrected chi connectivity index (χ2v) is 12.1. The van der Waals surface area contributed by atoms with Crippen LogP contribution in [0.3, 0.4) is 0 Å². The summed E-state index contributed by atoms with van der Waals surface area (Å²) in [5, 5.41) is 10.3. The minimum atomic E-state index is -0.187. The summed E-state index contributed by atoms with van der Waals surface area (Å²) in [6.45, 7) is 7.31. The molecule has 1 nitrogen and oxygen atoms in total. The lowest BCUT2D eigenvalue weighted by molar-refractivity contribution is 0.00123. The molecule has 6 unspecified atom stereocenters. The molecule has 0 aromatic carbocycles. The zero-order valence-corrected chi connectivity index (χ0v) is 19.8. The average molecular weight is 423 g/mol. The molecule has 0 saturated heterocycles. The van der Waals surface area contributed by atoms with Crippen molar-refractivity contribution in [1.29, 1.82) is 0 Å². The third-order valence-corrected chi connectivity index (χ3v) is 10.1. The monoisotopic (exact) mass is 422 g/mol. The van der Waals surface area contributed by atoms with E-state index in [0.717, 1.165) is 48.9 Å². The van der Waals surface area contributed by atoms with Gasteiger partial charge in [0.15, 0.2) is 0 Å². The van der Waals surface area contributed by atoms with Crippen LogP contribution in [0.1, 0.15) is 97.8 Å². The summed E-state index contributed by atoms with van der Waals surface area (Å²) in [6.07, 6.45) is 15.0. The van der Waals surface area contributed by atoms with Gasteiger partial charge >= 0.3 is 0 Å². The van der Waals surface area contributed by atoms with E-state index in [4.69, 9.17) is 0 Å². The van der Waals surface area contributed by atoms with E-state index in [0.29, 0.717) is 29.2 Å². The number of hydrogen-bond donors (Lipinski definition) is 1. The second kappa shape index (κ2) is 9.23. The van der Waals surface area contributed by atoms with Crippen molar-refractivity contribution in [3.05, 3.63) is 11.1 Å². The van der Waals surface area contributed by atoms with Gasteiger partial charge in [-0.05, 0) is 98.7 Å². The number of unbranched alkanes of at least 4 members (excludes halogenated alkanes) is 1. The molecule has 0 aromatic rings. The van der Waals surface area contributed by atoms with Crippen molar-refractivity contribution < 1.29 is 8.99 Å². The lowest BCUT2D eigenvalue weighted by atomic mass is 9.51. The van der Waals surface area contributed by atoms with Crippen molar-refractivity contribution in [1.82, 2.24) is 0 Å². The Morgan fingerprint density at radius 2 is 1.97 bits per heavy atom. The van der Waals surface area contributed by atoms with E-state index in [1.54, 1.807) is 5.57 Å². The zero-order chi connectivity index (χ0) is 20.6. The number of fused-ring (bicyclic) bond motifs is 4. The van der Waals surface area contributed by atoms with Crippen molar-refractivity contribution in [3.63, 3.8) is 0 Å². The predicted molar refractivity (Wildman–Crippen MR) is 122 cm³/mol. The number of aliphatic hydroxyl groups is 1. The van der Waals surface area contributed by atoms with Crippen LogP contribution in [0.2, 0.25) is 0 Å². The lowest BCUT2D eigenvalue weighted by Gasteiger charge is -2.54. The van der Waals surface area contributed by atoms with Crippen LogP contribution >= 0.6 is 12.1 Å². The fourth-order valence-electron chi connectivity index (χ4n) is 8.11. The normalized spacial score (nSPS) is 42.0. The lowest BCUT2D eigenvalue weighted by Crippen LogP contribution is -2.46. The fraction of sp³-hybridized carbons (Fsp3) is 0.923. The Kier molecular flexibility index (Phi) is 7.06. The van der Waals surface area contributed by atoms with Gasteiger partial charge in [-0.25, -0.2) is 0 Å². The van der Waals surface area contributed by atoms with Gasteiger partial charge in [0, 0.05) is 17.9 Å². The van der Waals surface area contributed by atoms with Gasteiger partial charge in [0.2, 0.25) is 0 Å². The number of hydrogen-bond acceptors (Lipinski definition) is 2. The van der Waals surface area contributed by atoms with Gasteiger partial charge in [-0.2, -0.15) is 3.89 Å². The molecule has 4 rings (SSSR count). The van der Waals surface area contributed by atoms with Crippen LogP contribution < -0.4 is 0 Å². The molecule has 7 atom stereocenters. The molecular formula is C26H43FOS. The van der Waals surface area contributed by atoms with Crippen molar-refractivity contribution in [3.8, 4) is 0 Å². The van der Waals surface area contributed by atoms with Gasteiger partial charge < -0.3 is 5.11 Å². The molecule has 4 aliphatic rings. The average Bonchev–Trinajstić information content (AvgIpc) is 3.02. The molecule has 0 aromatic heterocycles. The van der Waals surface area contributed by atoms with E-state index in [2.05, 4.69) is 20.8 Å². The van der Waals surface area contributed by atoms with Crippen LogP contribution in [-0.4, -0.2) is 17.0 Å². The summed E-state index contributed by atoms with van der Waals surface area (Å²) in [5.41, 5.74) is 3.67. The number of rotatable bonds is 7. The van der Waals surface area contributed by atoms with E-state index in [-0.39, 0.29) is 6.10 Å². The Balaban J connectivity index is 1.49. The van der Waals surface area contributed by atoms with Gasteiger partial charge in [0.05, 0.1) is 6.10 Å². The standard InChI is InChI=1S/C26H43FOS/c1-17(2)6-4-5-7-19-8-11-25-24-14-18(16-29-27)23-15-20(28)9-10-21(23)22(24)12-13-26(19,25)3/h17-20,22,24-25,28H,4-16H2,1-3H3/t18?,19-,20?,22?,24?,25?,26?/m0/s1. The molecule has 0 radical (unpaired) electrons. The van der Waals surface area contributed by atoms with Crippen LogP contribution in [0, 0.1) is 40.9 Å². The molecule has 2 fully saturated rings. The van der Waals surface area contributed by atoms with Crippen LogP contribution in [0.4, 0.5) is 3.89 Å². The minimum absolute atomic E-state index is 0.187. The third kappa shape index (κ3) is 4.34. The molecular weight excluding hydrogens is 379 g/mol. The zero-order valence-electron chi connectivity index (χ0n) is 19.0. The Hall–Kier alpha value is -0.0200. The van der Waals surface area contributed by atoms with Crippen LogP contribution in [-0.2, 0) is 0 Å². The second-order valence-electron chi connectivity index (χ2n) is 11.5. The van der Waals surface area contributed by atoms with Gasteiger partial charge in [-0.3, -0.25) is 0 Å². The highest BCUT2D eigenvalue weighted by atomic mass is 32.2. The summed E-state index contributed by atoms with van der Waals surface area (Å²) in [7, 11) is 0. The molecule has 166 valence electrons. The van der Waals surface area contributed by atoms with E-state index >= 15 is 0 Å². The van der Waals surface area contributed by atoms with Crippen LogP contribution in [0.15, 0.2) is 11.1 Å². The SMILES string of the molecule is CC(C)CCCC[C@H]1CCC2C3CC(CSF)C4=C(CCC(O)C4)C3CCC21C. The quantitative estimate of drug-likeness (QED) is 0.334. The number of aliphatic hydroxyl groups excluding tert-OH is 1. The summed E-state index contributed by atoms with van der Waals surface area (Å²) in [4.78, 5) is 0. The highest BCUT2D eigenvalue weighted by molar-refractivity contribution is 7.94. The first-order chi connectivity index (χ1) is 13.9. The number of halogens is 1. The molecule has 2 saturated carbocycles. The molecule has 3 heteroatoms. The van der Waals surface area contributed by atoms with Gasteiger partial charge in [-0.15, -0.1) is 0 Å². The van der Waals surface area contributed by atoms with E-state index in [9.17, 15) is 8.99 Å². The Labute approximate surface area is 183 Å². The molecule has 1 N–H and O–H groups in total. The maximum Gasteiger partial charge on any atom is 0.0580 e. The Bertz CT molecular complexity index is 602. The summed E-state index contributed by atoms with van der Waals surface area (Å²) in [6, 6.07) is 0. The molecule has 0 bridgehead atoms. The van der Waals surface area contributed by atoms with Gasteiger partial charge in [0.1, 0.15) is 0 Å². The summed E-state index contributed by atoms with van der Waals surface area (Å²) in [5.74, 6) is 5.11. The third-order valence-electron chi connectivity index (χ3n) is 9.59. The van der Waals surface area contributed by atoms with E-state index < -0.39 is 0 Å². The summed E-state index contributed by atoms with van der Waals surface area (Å²) >= 11 is 0.529. The topological polar surface area (TPSA) is 20.2 Å². The molecule has 0 heterocycles. The Morgan fingerprint density at radius 1 is 1.14 bits per heavy atom. The van der Waals surface area contributed by atoms with Crippen LogP contribution in [0.5, 0.6) is 0 Å². The van der Waals surface area contributed by atoms with Crippen molar-refractivity contribution >= 4 is 12.1 Å². The highest BCUT2D eigenvalue weighted by Crippen LogP contribution is 2.64. The number of allylic oxidation sites excluding steroid dienone is 1. The van der Waals surface area contributed by atoms with Crippen LogP contribution in [0.25, 0.3) is 0 Å². The molecule has 4 aliphatic carbocycles. The van der Waals surface area contributed by atoms with E-state index in [1.807, 2.05) is 0 Å². The van der Waals surface area contributed by atoms with Gasteiger partial charge in [0.25, 0.3) is 0 Å². The largest absolute Gasteiger partial charge is 0.393 e. The first kappa shape index (κ1) is 22.2. The first-order valence-corrected chi connectivity index (χ1v) is 13.5. The van der Waals surface area contributed by atoms with Crippen molar-refractivity contribution in [2.45, 2.75) is 104 Å². The minimum Gasteiger partial charge on any atom is -0.393 e.